The second-order valence-electron chi connectivity index (χ2n) is 3.37. The third-order valence-corrected chi connectivity index (χ3v) is 2.20. The average molecular weight is 202 g/mol. The molecule has 1 saturated heterocycles. The highest BCUT2D eigenvalue weighted by Gasteiger charge is 2.20. The molecule has 1 heterocycles. The van der Waals surface area contributed by atoms with Crippen molar-refractivity contribution in [2.24, 2.45) is 0 Å². The van der Waals surface area contributed by atoms with E-state index < -0.39 is 0 Å². The Morgan fingerprint density at radius 1 is 1.79 bits per heavy atom. The minimum absolute atomic E-state index is 0.0198. The van der Waals surface area contributed by atoms with Crippen molar-refractivity contribution >= 4 is 5.91 Å². The summed E-state index contributed by atoms with van der Waals surface area (Å²) in [5, 5.41) is 5.88. The van der Waals surface area contributed by atoms with Crippen molar-refractivity contribution < 1.29 is 14.3 Å². The van der Waals surface area contributed by atoms with Gasteiger partial charge in [0.2, 0.25) is 5.91 Å². The van der Waals surface area contributed by atoms with Crippen LogP contribution in [-0.4, -0.2) is 51.5 Å². The molecule has 5 heteroatoms. The summed E-state index contributed by atoms with van der Waals surface area (Å²) in [6.45, 7) is 4.31. The first kappa shape index (κ1) is 11.4. The third-order valence-electron chi connectivity index (χ3n) is 2.20. The second kappa shape index (κ2) is 5.95. The van der Waals surface area contributed by atoms with Gasteiger partial charge in [-0.25, -0.2) is 0 Å². The Kier molecular flexibility index (Phi) is 4.86. The van der Waals surface area contributed by atoms with Crippen LogP contribution in [-0.2, 0) is 14.3 Å². The van der Waals surface area contributed by atoms with Crippen LogP contribution in [0.2, 0.25) is 0 Å². The molecule has 0 aromatic heterocycles. The van der Waals surface area contributed by atoms with Gasteiger partial charge in [-0.3, -0.25) is 4.79 Å². The molecular formula is C9H18N2O3. The molecule has 14 heavy (non-hydrogen) atoms. The maximum atomic E-state index is 11.5. The smallest absolute Gasteiger partial charge is 0.239 e. The molecule has 1 amide bonds. The van der Waals surface area contributed by atoms with Crippen molar-refractivity contribution in [3.63, 3.8) is 0 Å². The largest absolute Gasteiger partial charge is 0.380 e. The number of methoxy groups -OCH3 is 1. The first-order valence-corrected chi connectivity index (χ1v) is 4.85. The highest BCUT2D eigenvalue weighted by atomic mass is 16.5. The number of carbonyl (C=O) groups is 1. The molecule has 2 unspecified atom stereocenters. The SMILES string of the molecule is COC(C)CNC(=O)C1COCCN1. The van der Waals surface area contributed by atoms with Crippen LogP contribution in [0.4, 0.5) is 0 Å². The Morgan fingerprint density at radius 2 is 2.57 bits per heavy atom. The normalized spacial score (nSPS) is 24.3. The maximum Gasteiger partial charge on any atom is 0.239 e. The molecule has 1 aliphatic heterocycles. The van der Waals surface area contributed by atoms with Crippen molar-refractivity contribution in [2.75, 3.05) is 33.4 Å². The number of nitrogens with one attached hydrogen (secondary N) is 2. The molecule has 0 bridgehead atoms. The predicted octanol–water partition coefficient (Wildman–Crippen LogP) is -0.874. The van der Waals surface area contributed by atoms with Crippen LogP contribution in [0.5, 0.6) is 0 Å². The Bertz CT molecular complexity index is 181. The summed E-state index contributed by atoms with van der Waals surface area (Å²) in [6.07, 6.45) is 0.0449. The van der Waals surface area contributed by atoms with E-state index in [4.69, 9.17) is 9.47 Å². The number of hydrogen-bond donors (Lipinski definition) is 2. The molecule has 0 radical (unpaired) electrons. The molecule has 2 N–H and O–H groups in total. The van der Waals surface area contributed by atoms with Gasteiger partial charge >= 0.3 is 0 Å². The molecule has 0 aromatic carbocycles. The Morgan fingerprint density at radius 3 is 3.14 bits per heavy atom. The van der Waals surface area contributed by atoms with Gasteiger partial charge in [-0.1, -0.05) is 0 Å². The van der Waals surface area contributed by atoms with E-state index in [1.165, 1.54) is 0 Å². The zero-order valence-corrected chi connectivity index (χ0v) is 8.71. The van der Waals surface area contributed by atoms with Crippen LogP contribution in [0.15, 0.2) is 0 Å². The number of ether oxygens (including phenoxy) is 2. The van der Waals surface area contributed by atoms with E-state index in [1.54, 1.807) is 7.11 Å². The van der Waals surface area contributed by atoms with Crippen LogP contribution in [0, 0.1) is 0 Å². The van der Waals surface area contributed by atoms with Crippen molar-refractivity contribution in [1.82, 2.24) is 10.6 Å². The van der Waals surface area contributed by atoms with E-state index >= 15 is 0 Å². The van der Waals surface area contributed by atoms with Gasteiger partial charge in [-0.05, 0) is 6.92 Å². The van der Waals surface area contributed by atoms with Crippen molar-refractivity contribution in [3.05, 3.63) is 0 Å². The van der Waals surface area contributed by atoms with Crippen LogP contribution >= 0.6 is 0 Å². The number of hydrogen-bond acceptors (Lipinski definition) is 4. The molecule has 0 aromatic rings. The summed E-state index contributed by atoms with van der Waals surface area (Å²) in [5.74, 6) is -0.0198. The predicted molar refractivity (Wildman–Crippen MR) is 52.1 cm³/mol. The Balaban J connectivity index is 2.19. The van der Waals surface area contributed by atoms with Crippen molar-refractivity contribution in [1.29, 1.82) is 0 Å². The van der Waals surface area contributed by atoms with Gasteiger partial charge in [0.05, 0.1) is 19.3 Å². The standard InChI is InChI=1S/C9H18N2O3/c1-7(13-2)5-11-9(12)8-6-14-4-3-10-8/h7-8,10H,3-6H2,1-2H3,(H,11,12). The molecule has 0 aliphatic carbocycles. The zero-order chi connectivity index (χ0) is 10.4. The van der Waals surface area contributed by atoms with Crippen LogP contribution in [0.25, 0.3) is 0 Å². The fourth-order valence-corrected chi connectivity index (χ4v) is 1.18. The number of amides is 1. The minimum atomic E-state index is -0.215. The molecule has 1 rings (SSSR count). The van der Waals surface area contributed by atoms with Crippen LogP contribution < -0.4 is 10.6 Å². The maximum absolute atomic E-state index is 11.5. The minimum Gasteiger partial charge on any atom is -0.380 e. The summed E-state index contributed by atoms with van der Waals surface area (Å²) in [4.78, 5) is 11.5. The fraction of sp³-hybridized carbons (Fsp3) is 0.889. The van der Waals surface area contributed by atoms with E-state index in [-0.39, 0.29) is 18.1 Å². The summed E-state index contributed by atoms with van der Waals surface area (Å²) < 4.78 is 10.2. The lowest BCUT2D eigenvalue weighted by molar-refractivity contribution is -0.126. The summed E-state index contributed by atoms with van der Waals surface area (Å²) in [6, 6.07) is -0.215. The fourth-order valence-electron chi connectivity index (χ4n) is 1.18. The third kappa shape index (κ3) is 3.61. The van der Waals surface area contributed by atoms with E-state index in [1.807, 2.05) is 6.92 Å². The van der Waals surface area contributed by atoms with Gasteiger partial charge < -0.3 is 20.1 Å². The van der Waals surface area contributed by atoms with E-state index in [0.717, 1.165) is 6.54 Å². The number of rotatable bonds is 4. The first-order valence-electron chi connectivity index (χ1n) is 4.85. The Labute approximate surface area is 84.1 Å². The van der Waals surface area contributed by atoms with Gasteiger partial charge in [0.15, 0.2) is 0 Å². The van der Waals surface area contributed by atoms with Crippen molar-refractivity contribution in [3.8, 4) is 0 Å². The Hall–Kier alpha value is -0.650. The zero-order valence-electron chi connectivity index (χ0n) is 8.71. The molecular weight excluding hydrogens is 184 g/mol. The van der Waals surface area contributed by atoms with Crippen molar-refractivity contribution in [2.45, 2.75) is 19.1 Å². The molecule has 82 valence electrons. The van der Waals surface area contributed by atoms with Gasteiger partial charge in [0, 0.05) is 20.2 Å². The number of carbonyl (C=O) groups excluding carboxylic acids is 1. The van der Waals surface area contributed by atoms with Gasteiger partial charge in [-0.2, -0.15) is 0 Å². The second-order valence-corrected chi connectivity index (χ2v) is 3.37. The average Bonchev–Trinajstić information content (AvgIpc) is 2.26. The lowest BCUT2D eigenvalue weighted by atomic mass is 10.2. The molecule has 5 nitrogen and oxygen atoms in total. The van der Waals surface area contributed by atoms with Crippen LogP contribution in [0.1, 0.15) is 6.92 Å². The topological polar surface area (TPSA) is 59.6 Å². The molecule has 1 fully saturated rings. The molecule has 0 saturated carbocycles. The lowest BCUT2D eigenvalue weighted by Gasteiger charge is -2.23. The summed E-state index contributed by atoms with van der Waals surface area (Å²) >= 11 is 0. The van der Waals surface area contributed by atoms with Gasteiger partial charge in [0.25, 0.3) is 0 Å². The van der Waals surface area contributed by atoms with E-state index in [9.17, 15) is 4.79 Å². The highest BCUT2D eigenvalue weighted by molar-refractivity contribution is 5.81. The summed E-state index contributed by atoms with van der Waals surface area (Å²) in [7, 11) is 1.62. The van der Waals surface area contributed by atoms with Gasteiger partial charge in [0.1, 0.15) is 6.04 Å². The van der Waals surface area contributed by atoms with Gasteiger partial charge in [-0.15, -0.1) is 0 Å². The quantitative estimate of drug-likeness (QED) is 0.622. The first-order chi connectivity index (χ1) is 6.74. The van der Waals surface area contributed by atoms with E-state index in [2.05, 4.69) is 10.6 Å². The highest BCUT2D eigenvalue weighted by Crippen LogP contribution is 1.93. The summed E-state index contributed by atoms with van der Waals surface area (Å²) in [5.41, 5.74) is 0. The number of morpholine rings is 1. The molecule has 1 aliphatic rings. The lowest BCUT2D eigenvalue weighted by Crippen LogP contribution is -2.52. The molecule has 2 atom stereocenters. The van der Waals surface area contributed by atoms with E-state index in [0.29, 0.717) is 19.8 Å². The van der Waals surface area contributed by atoms with Crippen LogP contribution in [0.3, 0.4) is 0 Å². The monoisotopic (exact) mass is 202 g/mol. The molecule has 0 spiro atoms.